The number of carbonyl (C=O) groups is 2. The highest BCUT2D eigenvalue weighted by Crippen LogP contribution is 2.16. The first kappa shape index (κ1) is 13.9. The maximum atomic E-state index is 10.6. The van der Waals surface area contributed by atoms with Crippen LogP contribution in [0.5, 0.6) is 0 Å². The average Bonchev–Trinajstić information content (AvgIpc) is 2.86. The summed E-state index contributed by atoms with van der Waals surface area (Å²) >= 11 is 0. The van der Waals surface area contributed by atoms with E-state index in [1.165, 1.54) is 10.8 Å². The Morgan fingerprint density at radius 3 is 2.40 bits per heavy atom. The lowest BCUT2D eigenvalue weighted by Crippen LogP contribution is -2.29. The maximum absolute atomic E-state index is 10.6. The fourth-order valence-corrected chi connectivity index (χ4v) is 2.06. The standard InChI is InChI=1S/C10H9N.C5H7NO3/c11-10-6-5-8-3-1-2-4-9(8)7-10;7-4-2-1-3-6(4)5(8)9/h1-7H,11H2;1-3H2,(H,8,9). The van der Waals surface area contributed by atoms with Crippen molar-refractivity contribution in [2.45, 2.75) is 12.8 Å². The normalized spacial score (nSPS) is 14.0. The third-order valence-electron chi connectivity index (χ3n) is 3.08. The largest absolute Gasteiger partial charge is 0.465 e. The molecule has 20 heavy (non-hydrogen) atoms. The highest BCUT2D eigenvalue weighted by atomic mass is 16.4. The number of nitrogen functional groups attached to an aromatic ring is 1. The monoisotopic (exact) mass is 272 g/mol. The SMILES string of the molecule is Nc1ccc2ccccc2c1.O=C(O)N1CCCC1=O. The molecular formula is C15H16N2O3. The summed E-state index contributed by atoms with van der Waals surface area (Å²) in [7, 11) is 0. The number of imide groups is 1. The summed E-state index contributed by atoms with van der Waals surface area (Å²) in [5.41, 5.74) is 6.45. The van der Waals surface area contributed by atoms with Crippen LogP contribution in [0.2, 0.25) is 0 Å². The van der Waals surface area contributed by atoms with Crippen molar-refractivity contribution in [3.63, 3.8) is 0 Å². The average molecular weight is 272 g/mol. The van der Waals surface area contributed by atoms with Crippen LogP contribution in [0, 0.1) is 0 Å². The van der Waals surface area contributed by atoms with Crippen LogP contribution in [0.4, 0.5) is 10.5 Å². The molecule has 0 spiro atoms. The van der Waals surface area contributed by atoms with Gasteiger partial charge in [-0.3, -0.25) is 4.79 Å². The van der Waals surface area contributed by atoms with Gasteiger partial charge in [-0.2, -0.15) is 0 Å². The molecule has 2 amide bonds. The zero-order chi connectivity index (χ0) is 14.5. The second kappa shape index (κ2) is 6.06. The number of likely N-dealkylation sites (tertiary alicyclic amines) is 1. The van der Waals surface area contributed by atoms with E-state index in [-0.39, 0.29) is 5.91 Å². The van der Waals surface area contributed by atoms with Crippen molar-refractivity contribution >= 4 is 28.5 Å². The number of amides is 2. The van der Waals surface area contributed by atoms with Crippen LogP contribution in [-0.2, 0) is 4.79 Å². The number of nitrogens with two attached hydrogens (primary N) is 1. The minimum absolute atomic E-state index is 0.275. The smallest absolute Gasteiger partial charge is 0.414 e. The number of hydrogen-bond acceptors (Lipinski definition) is 3. The Morgan fingerprint density at radius 2 is 1.85 bits per heavy atom. The summed E-state index contributed by atoms with van der Waals surface area (Å²) in [6.45, 7) is 0.369. The van der Waals surface area contributed by atoms with Crippen molar-refractivity contribution in [2.24, 2.45) is 0 Å². The van der Waals surface area contributed by atoms with Crippen LogP contribution in [0.1, 0.15) is 12.8 Å². The van der Waals surface area contributed by atoms with Crippen molar-refractivity contribution in [3.8, 4) is 0 Å². The first-order valence-electron chi connectivity index (χ1n) is 6.35. The van der Waals surface area contributed by atoms with Crippen molar-refractivity contribution in [3.05, 3.63) is 42.5 Å². The topological polar surface area (TPSA) is 83.6 Å². The van der Waals surface area contributed by atoms with Crippen LogP contribution in [-0.4, -0.2) is 28.6 Å². The molecule has 104 valence electrons. The van der Waals surface area contributed by atoms with Crippen LogP contribution < -0.4 is 5.73 Å². The molecule has 0 radical (unpaired) electrons. The molecule has 0 atom stereocenters. The fourth-order valence-electron chi connectivity index (χ4n) is 2.06. The lowest BCUT2D eigenvalue weighted by atomic mass is 10.1. The quantitative estimate of drug-likeness (QED) is 0.722. The van der Waals surface area contributed by atoms with Gasteiger partial charge in [0.25, 0.3) is 0 Å². The van der Waals surface area contributed by atoms with E-state index in [1.807, 2.05) is 30.3 Å². The number of carboxylic acid groups (broad SMARTS) is 1. The summed E-state index contributed by atoms with van der Waals surface area (Å²) in [6.07, 6.45) is -0.0743. The Hall–Kier alpha value is -2.56. The molecular weight excluding hydrogens is 256 g/mol. The summed E-state index contributed by atoms with van der Waals surface area (Å²) in [6, 6.07) is 14.1. The van der Waals surface area contributed by atoms with E-state index in [9.17, 15) is 9.59 Å². The highest BCUT2D eigenvalue weighted by Gasteiger charge is 2.25. The number of rotatable bonds is 0. The van der Waals surface area contributed by atoms with Gasteiger partial charge < -0.3 is 10.8 Å². The molecule has 0 aliphatic carbocycles. The molecule has 0 saturated carbocycles. The lowest BCUT2D eigenvalue weighted by molar-refractivity contribution is -0.125. The van der Waals surface area contributed by atoms with Crippen LogP contribution in [0.3, 0.4) is 0 Å². The molecule has 3 rings (SSSR count). The highest BCUT2D eigenvalue weighted by molar-refractivity contribution is 5.92. The summed E-state index contributed by atoms with van der Waals surface area (Å²) < 4.78 is 0. The minimum atomic E-state index is -1.13. The Labute approximate surface area is 116 Å². The van der Waals surface area contributed by atoms with Crippen molar-refractivity contribution < 1.29 is 14.7 Å². The Morgan fingerprint density at radius 1 is 1.15 bits per heavy atom. The number of benzene rings is 2. The Bertz CT molecular complexity index is 640. The molecule has 0 unspecified atom stereocenters. The van der Waals surface area contributed by atoms with E-state index in [0.717, 1.165) is 10.6 Å². The van der Waals surface area contributed by atoms with Gasteiger partial charge in [0.05, 0.1) is 0 Å². The van der Waals surface area contributed by atoms with Crippen molar-refractivity contribution in [1.29, 1.82) is 0 Å². The minimum Gasteiger partial charge on any atom is -0.465 e. The third kappa shape index (κ3) is 3.26. The van der Waals surface area contributed by atoms with Gasteiger partial charge in [-0.25, -0.2) is 9.69 Å². The molecule has 3 N–H and O–H groups in total. The van der Waals surface area contributed by atoms with Gasteiger partial charge >= 0.3 is 6.09 Å². The van der Waals surface area contributed by atoms with Crippen LogP contribution in [0.15, 0.2) is 42.5 Å². The molecule has 0 aromatic heterocycles. The predicted molar refractivity (Wildman–Crippen MR) is 77.3 cm³/mol. The Balaban J connectivity index is 0.000000151. The molecule has 1 fully saturated rings. The van der Waals surface area contributed by atoms with Crippen molar-refractivity contribution in [1.82, 2.24) is 4.90 Å². The van der Waals surface area contributed by atoms with Gasteiger partial charge in [0.1, 0.15) is 0 Å². The molecule has 5 heteroatoms. The zero-order valence-electron chi connectivity index (χ0n) is 11.0. The molecule has 2 aromatic rings. The maximum Gasteiger partial charge on any atom is 0.414 e. The van der Waals surface area contributed by atoms with E-state index in [1.54, 1.807) is 0 Å². The molecule has 2 aromatic carbocycles. The molecule has 1 aliphatic rings. The predicted octanol–water partition coefficient (Wildman–Crippen LogP) is 2.71. The van der Waals surface area contributed by atoms with E-state index in [0.29, 0.717) is 19.4 Å². The number of fused-ring (bicyclic) bond motifs is 1. The summed E-state index contributed by atoms with van der Waals surface area (Å²) in [5, 5.41) is 10.7. The second-order valence-electron chi connectivity index (χ2n) is 4.54. The van der Waals surface area contributed by atoms with Gasteiger partial charge in [-0.1, -0.05) is 30.3 Å². The number of anilines is 1. The molecule has 1 aliphatic heterocycles. The van der Waals surface area contributed by atoms with E-state index < -0.39 is 6.09 Å². The number of hydrogen-bond donors (Lipinski definition) is 2. The molecule has 1 saturated heterocycles. The van der Waals surface area contributed by atoms with Gasteiger partial charge in [0.2, 0.25) is 5.91 Å². The third-order valence-corrected chi connectivity index (χ3v) is 3.08. The molecule has 5 nitrogen and oxygen atoms in total. The van der Waals surface area contributed by atoms with Crippen LogP contribution >= 0.6 is 0 Å². The van der Waals surface area contributed by atoms with Crippen molar-refractivity contribution in [2.75, 3.05) is 12.3 Å². The van der Waals surface area contributed by atoms with E-state index >= 15 is 0 Å². The van der Waals surface area contributed by atoms with Gasteiger partial charge in [-0.15, -0.1) is 0 Å². The Kier molecular flexibility index (Phi) is 4.20. The van der Waals surface area contributed by atoms with Gasteiger partial charge in [0, 0.05) is 18.7 Å². The zero-order valence-corrected chi connectivity index (χ0v) is 11.0. The van der Waals surface area contributed by atoms with E-state index in [4.69, 9.17) is 10.8 Å². The molecule has 1 heterocycles. The lowest BCUT2D eigenvalue weighted by Gasteiger charge is -2.05. The summed E-state index contributed by atoms with van der Waals surface area (Å²) in [4.78, 5) is 21.5. The fraction of sp³-hybridized carbons (Fsp3) is 0.200. The first-order chi connectivity index (χ1) is 9.58. The number of carbonyl (C=O) groups excluding carboxylic acids is 1. The van der Waals surface area contributed by atoms with E-state index in [2.05, 4.69) is 12.1 Å². The van der Waals surface area contributed by atoms with Gasteiger partial charge in [0.15, 0.2) is 0 Å². The van der Waals surface area contributed by atoms with Gasteiger partial charge in [-0.05, 0) is 29.3 Å². The second-order valence-corrected chi connectivity index (χ2v) is 4.54. The molecule has 0 bridgehead atoms. The first-order valence-corrected chi connectivity index (χ1v) is 6.35. The number of nitrogens with zero attached hydrogens (tertiary/aromatic N) is 1. The summed E-state index contributed by atoms with van der Waals surface area (Å²) in [5.74, 6) is -0.275. The van der Waals surface area contributed by atoms with Crippen LogP contribution in [0.25, 0.3) is 10.8 Å².